The average molecular weight is 174 g/mol. The van der Waals surface area contributed by atoms with Crippen LogP contribution in [-0.4, -0.2) is 36.2 Å². The predicted molar refractivity (Wildman–Crippen MR) is 47.9 cm³/mol. The highest BCUT2D eigenvalue weighted by Gasteiger charge is 2.13. The van der Waals surface area contributed by atoms with Crippen molar-refractivity contribution in [3.05, 3.63) is 0 Å². The van der Waals surface area contributed by atoms with Crippen LogP contribution in [0.4, 0.5) is 0 Å². The lowest BCUT2D eigenvalue weighted by molar-refractivity contribution is -0.118. The molecule has 0 aliphatic heterocycles. The van der Waals surface area contributed by atoms with E-state index in [1.165, 1.54) is 6.92 Å². The fourth-order valence-electron chi connectivity index (χ4n) is 0.695. The second-order valence-electron chi connectivity index (χ2n) is 3.45. The third kappa shape index (κ3) is 6.12. The molecule has 0 fully saturated rings. The first kappa shape index (κ1) is 11.4. The molecular weight excluding hydrogens is 156 g/mol. The summed E-state index contributed by atoms with van der Waals surface area (Å²) < 4.78 is 0. The number of hydrogen-bond acceptors (Lipinski definition) is 3. The van der Waals surface area contributed by atoms with Gasteiger partial charge < -0.3 is 15.7 Å². The summed E-state index contributed by atoms with van der Waals surface area (Å²) in [6.07, 6.45) is 0. The first-order chi connectivity index (χ1) is 5.48. The Balaban J connectivity index is 3.37. The number of amides is 1. The number of carbonyl (C=O) groups is 1. The van der Waals surface area contributed by atoms with Crippen LogP contribution >= 0.6 is 0 Å². The zero-order chi connectivity index (χ0) is 9.61. The van der Waals surface area contributed by atoms with E-state index in [0.29, 0.717) is 13.1 Å². The van der Waals surface area contributed by atoms with E-state index in [1.54, 1.807) is 0 Å². The molecule has 0 radical (unpaired) electrons. The van der Waals surface area contributed by atoms with Crippen LogP contribution in [0.1, 0.15) is 20.8 Å². The molecule has 12 heavy (non-hydrogen) atoms. The molecule has 0 aromatic carbocycles. The quantitative estimate of drug-likeness (QED) is 0.492. The molecule has 3 N–H and O–H groups in total. The Labute approximate surface area is 73.3 Å². The van der Waals surface area contributed by atoms with Gasteiger partial charge in [0.1, 0.15) is 0 Å². The summed E-state index contributed by atoms with van der Waals surface area (Å²) in [6.45, 7) is 6.65. The van der Waals surface area contributed by atoms with E-state index in [1.807, 2.05) is 13.8 Å². The van der Waals surface area contributed by atoms with E-state index < -0.39 is 0 Å². The minimum absolute atomic E-state index is 0.0291. The summed E-state index contributed by atoms with van der Waals surface area (Å²) in [5.74, 6) is -0.0291. The molecule has 72 valence electrons. The molecule has 1 amide bonds. The van der Waals surface area contributed by atoms with Crippen LogP contribution < -0.4 is 10.6 Å². The molecule has 0 heterocycles. The maximum atomic E-state index is 10.4. The summed E-state index contributed by atoms with van der Waals surface area (Å²) in [4.78, 5) is 10.4. The molecule has 0 atom stereocenters. The van der Waals surface area contributed by atoms with E-state index in [-0.39, 0.29) is 18.1 Å². The summed E-state index contributed by atoms with van der Waals surface area (Å²) in [5.41, 5.74) is -0.265. The number of aliphatic hydroxyl groups excluding tert-OH is 1. The largest absolute Gasteiger partial charge is 0.394 e. The maximum absolute atomic E-state index is 10.4. The van der Waals surface area contributed by atoms with Crippen molar-refractivity contribution in [2.75, 3.05) is 19.7 Å². The maximum Gasteiger partial charge on any atom is 0.216 e. The Morgan fingerprint density at radius 3 is 2.42 bits per heavy atom. The van der Waals surface area contributed by atoms with Crippen LogP contribution in [-0.2, 0) is 4.79 Å². The molecule has 0 aliphatic carbocycles. The van der Waals surface area contributed by atoms with Gasteiger partial charge in [-0.3, -0.25) is 4.79 Å². The van der Waals surface area contributed by atoms with Crippen LogP contribution in [0.15, 0.2) is 0 Å². The third-order valence-electron chi connectivity index (χ3n) is 1.50. The summed E-state index contributed by atoms with van der Waals surface area (Å²) >= 11 is 0. The van der Waals surface area contributed by atoms with Gasteiger partial charge in [0.15, 0.2) is 0 Å². The lowest BCUT2D eigenvalue weighted by Crippen LogP contribution is -2.45. The molecular formula is C8H18N2O2. The molecule has 0 spiro atoms. The highest BCUT2D eigenvalue weighted by molar-refractivity contribution is 5.72. The lowest BCUT2D eigenvalue weighted by atomic mass is 10.1. The molecule has 0 unspecified atom stereocenters. The number of hydrogen-bond donors (Lipinski definition) is 3. The molecule has 0 rings (SSSR count). The minimum atomic E-state index is -0.265. The Morgan fingerprint density at radius 1 is 1.42 bits per heavy atom. The monoisotopic (exact) mass is 174 g/mol. The molecule has 4 heteroatoms. The van der Waals surface area contributed by atoms with Crippen LogP contribution in [0.2, 0.25) is 0 Å². The van der Waals surface area contributed by atoms with Crippen LogP contribution in [0.25, 0.3) is 0 Å². The van der Waals surface area contributed by atoms with Gasteiger partial charge >= 0.3 is 0 Å². The smallest absolute Gasteiger partial charge is 0.216 e. The van der Waals surface area contributed by atoms with E-state index in [4.69, 9.17) is 5.11 Å². The average Bonchev–Trinajstić information content (AvgIpc) is 1.98. The van der Waals surface area contributed by atoms with Crippen molar-refractivity contribution in [2.24, 2.45) is 0 Å². The zero-order valence-electron chi connectivity index (χ0n) is 7.98. The first-order valence-electron chi connectivity index (χ1n) is 4.08. The predicted octanol–water partition coefficient (Wildman–Crippen LogP) is -0.517. The van der Waals surface area contributed by atoms with Gasteiger partial charge in [0.25, 0.3) is 0 Å². The standard InChI is InChI=1S/C8H18N2O2/c1-7(12)9-4-5-10-8(2,3)6-11/h10-11H,4-6H2,1-3H3,(H,9,12). The second kappa shape index (κ2) is 5.11. The Hall–Kier alpha value is -0.610. The van der Waals surface area contributed by atoms with Gasteiger partial charge in [-0.2, -0.15) is 0 Å². The zero-order valence-corrected chi connectivity index (χ0v) is 7.98. The van der Waals surface area contributed by atoms with Gasteiger partial charge in [0.2, 0.25) is 5.91 Å². The fourth-order valence-corrected chi connectivity index (χ4v) is 0.695. The van der Waals surface area contributed by atoms with Gasteiger partial charge in [0, 0.05) is 25.6 Å². The molecule has 0 saturated carbocycles. The molecule has 4 nitrogen and oxygen atoms in total. The number of carbonyl (C=O) groups excluding carboxylic acids is 1. The Morgan fingerprint density at radius 2 is 2.00 bits per heavy atom. The summed E-state index contributed by atoms with van der Waals surface area (Å²) in [5, 5.41) is 14.6. The topological polar surface area (TPSA) is 61.4 Å². The van der Waals surface area contributed by atoms with E-state index >= 15 is 0 Å². The Kier molecular flexibility index (Phi) is 4.85. The van der Waals surface area contributed by atoms with Gasteiger partial charge in [-0.1, -0.05) is 0 Å². The lowest BCUT2D eigenvalue weighted by Gasteiger charge is -2.23. The number of aliphatic hydroxyl groups is 1. The van der Waals surface area contributed by atoms with Crippen molar-refractivity contribution in [2.45, 2.75) is 26.3 Å². The highest BCUT2D eigenvalue weighted by atomic mass is 16.3. The number of nitrogens with one attached hydrogen (secondary N) is 2. The van der Waals surface area contributed by atoms with Crippen molar-refractivity contribution >= 4 is 5.91 Å². The van der Waals surface area contributed by atoms with Crippen molar-refractivity contribution in [1.82, 2.24) is 10.6 Å². The van der Waals surface area contributed by atoms with Gasteiger partial charge in [-0.15, -0.1) is 0 Å². The van der Waals surface area contributed by atoms with E-state index in [9.17, 15) is 4.79 Å². The van der Waals surface area contributed by atoms with Crippen LogP contribution in [0.5, 0.6) is 0 Å². The third-order valence-corrected chi connectivity index (χ3v) is 1.50. The van der Waals surface area contributed by atoms with Crippen molar-refractivity contribution in [3.63, 3.8) is 0 Å². The van der Waals surface area contributed by atoms with E-state index in [0.717, 1.165) is 0 Å². The van der Waals surface area contributed by atoms with Crippen molar-refractivity contribution in [3.8, 4) is 0 Å². The van der Waals surface area contributed by atoms with E-state index in [2.05, 4.69) is 10.6 Å². The highest BCUT2D eigenvalue weighted by Crippen LogP contribution is 1.97. The van der Waals surface area contributed by atoms with Crippen molar-refractivity contribution in [1.29, 1.82) is 0 Å². The van der Waals surface area contributed by atoms with Gasteiger partial charge in [-0.25, -0.2) is 0 Å². The number of rotatable bonds is 5. The van der Waals surface area contributed by atoms with Crippen LogP contribution in [0, 0.1) is 0 Å². The molecule has 0 aliphatic rings. The summed E-state index contributed by atoms with van der Waals surface area (Å²) in [7, 11) is 0. The first-order valence-corrected chi connectivity index (χ1v) is 4.08. The van der Waals surface area contributed by atoms with Gasteiger partial charge in [-0.05, 0) is 13.8 Å². The van der Waals surface area contributed by atoms with Crippen LogP contribution in [0.3, 0.4) is 0 Å². The minimum Gasteiger partial charge on any atom is -0.394 e. The normalized spacial score (nSPS) is 11.3. The molecule has 0 bridgehead atoms. The Bertz CT molecular complexity index is 146. The summed E-state index contributed by atoms with van der Waals surface area (Å²) in [6, 6.07) is 0. The molecule has 0 saturated heterocycles. The fraction of sp³-hybridized carbons (Fsp3) is 0.875. The van der Waals surface area contributed by atoms with Crippen molar-refractivity contribution < 1.29 is 9.90 Å². The molecule has 0 aromatic heterocycles. The second-order valence-corrected chi connectivity index (χ2v) is 3.45. The van der Waals surface area contributed by atoms with Gasteiger partial charge in [0.05, 0.1) is 6.61 Å². The molecule has 0 aromatic rings. The SMILES string of the molecule is CC(=O)NCCNC(C)(C)CO.